The number of rotatable bonds is 20. The van der Waals surface area contributed by atoms with Crippen LogP contribution in [0.2, 0.25) is 0 Å². The third-order valence-corrected chi connectivity index (χ3v) is 10.0. The lowest BCUT2D eigenvalue weighted by Crippen LogP contribution is -2.36. The van der Waals surface area contributed by atoms with Crippen LogP contribution in [0.25, 0.3) is 0 Å². The molecule has 1 aromatic carbocycles. The zero-order valence-corrected chi connectivity index (χ0v) is 23.7. The van der Waals surface area contributed by atoms with E-state index in [1.165, 1.54) is 28.4 Å². The predicted molar refractivity (Wildman–Crippen MR) is 137 cm³/mol. The lowest BCUT2D eigenvalue weighted by atomic mass is 9.84. The first-order chi connectivity index (χ1) is 16.7. The van der Waals surface area contributed by atoms with Crippen LogP contribution in [-0.2, 0) is 51.2 Å². The fourth-order valence-electron chi connectivity index (χ4n) is 3.63. The number of unbranched alkanes of at least 4 members (excludes halogenated alkanes) is 1. The number of ether oxygens (including phenoxy) is 1. The fraction of sp³-hybridized carbons (Fsp3) is 0.750. The molecule has 0 unspecified atom stereocenters. The number of aliphatic hydroxyl groups excluding tert-OH is 2. The molecule has 0 aromatic heterocycles. The van der Waals surface area contributed by atoms with E-state index in [0.717, 1.165) is 29.5 Å². The van der Waals surface area contributed by atoms with Gasteiger partial charge < -0.3 is 33.0 Å². The normalized spacial score (nSPS) is 12.9. The highest BCUT2D eigenvalue weighted by Crippen LogP contribution is 2.47. The summed E-state index contributed by atoms with van der Waals surface area (Å²) in [5.74, 6) is 0. The van der Waals surface area contributed by atoms with Crippen LogP contribution in [0.4, 0.5) is 0 Å². The van der Waals surface area contributed by atoms with Gasteiger partial charge in [-0.05, 0) is 48.8 Å². The minimum atomic E-state index is -3.17. The quantitative estimate of drug-likeness (QED) is 0.183. The summed E-state index contributed by atoms with van der Waals surface area (Å²) in [5.41, 5.74) is 2.13. The van der Waals surface area contributed by atoms with Gasteiger partial charge in [0, 0.05) is 40.5 Å². The zero-order chi connectivity index (χ0) is 26.4. The molecule has 11 heteroatoms. The molecule has 0 saturated heterocycles. The summed E-state index contributed by atoms with van der Waals surface area (Å²) in [6.07, 6.45) is 4.45. The molecule has 0 aliphatic rings. The maximum absolute atomic E-state index is 12.5. The zero-order valence-electron chi connectivity index (χ0n) is 21.9. The molecule has 0 atom stereocenters. The van der Waals surface area contributed by atoms with E-state index in [9.17, 15) is 19.3 Å². The molecule has 0 spiro atoms. The highest BCUT2D eigenvalue weighted by molar-refractivity contribution is 7.54. The summed E-state index contributed by atoms with van der Waals surface area (Å²) in [7, 11) is -0.867. The molecule has 2 N–H and O–H groups in total. The number of hydrogen-bond donors (Lipinski definition) is 2. The molecule has 0 fully saturated rings. The van der Waals surface area contributed by atoms with Gasteiger partial charge in [0.25, 0.3) is 0 Å². The van der Waals surface area contributed by atoms with E-state index in [4.69, 9.17) is 22.8 Å². The molecule has 0 radical (unpaired) electrons. The third kappa shape index (κ3) is 11.1. The van der Waals surface area contributed by atoms with Crippen molar-refractivity contribution in [2.24, 2.45) is 5.41 Å². The molecule has 0 aliphatic carbocycles. The van der Waals surface area contributed by atoms with Crippen LogP contribution in [0.15, 0.2) is 18.2 Å². The highest BCUT2D eigenvalue weighted by Gasteiger charge is 2.29. The molecule has 35 heavy (non-hydrogen) atoms. The molecule has 0 aliphatic heterocycles. The van der Waals surface area contributed by atoms with Gasteiger partial charge in [0.15, 0.2) is 0 Å². The molecule has 9 nitrogen and oxygen atoms in total. The lowest BCUT2D eigenvalue weighted by Gasteiger charge is -2.29. The molecule has 1 aromatic rings. The Morgan fingerprint density at radius 3 is 1.57 bits per heavy atom. The highest BCUT2D eigenvalue weighted by atomic mass is 31.2. The Hall–Kier alpha value is -0.600. The van der Waals surface area contributed by atoms with Crippen LogP contribution in [0.1, 0.15) is 42.9 Å². The summed E-state index contributed by atoms with van der Waals surface area (Å²) in [6.45, 7) is 2.59. The van der Waals surface area contributed by atoms with Crippen LogP contribution in [0, 0.1) is 5.41 Å². The summed E-state index contributed by atoms with van der Waals surface area (Å²) in [5, 5.41) is 20.0. The van der Waals surface area contributed by atoms with E-state index >= 15 is 0 Å². The first kappa shape index (κ1) is 32.4. The van der Waals surface area contributed by atoms with Crippen LogP contribution in [-0.4, -0.2) is 77.4 Å². The first-order valence-corrected chi connectivity index (χ1v) is 15.4. The predicted octanol–water partition coefficient (Wildman–Crippen LogP) is 4.46. The van der Waals surface area contributed by atoms with Gasteiger partial charge in [-0.15, -0.1) is 0 Å². The van der Waals surface area contributed by atoms with Crippen LogP contribution < -0.4 is 0 Å². The summed E-state index contributed by atoms with van der Waals surface area (Å²) in [6, 6.07) is 6.01. The molecule has 0 bridgehead atoms. The largest absolute Gasteiger partial charge is 0.396 e. The average molecular weight is 539 g/mol. The van der Waals surface area contributed by atoms with Crippen LogP contribution in [0.3, 0.4) is 0 Å². The molecular weight excluding hydrogens is 494 g/mol. The summed E-state index contributed by atoms with van der Waals surface area (Å²) >= 11 is 0. The minimum absolute atomic E-state index is 0.183. The monoisotopic (exact) mass is 538 g/mol. The molecule has 0 saturated carbocycles. The standard InChI is InChI=1S/C24H44O9P2/c1-6-7-12-33-20-24(18-25,19-26)11-8-21-15-22(9-13-34(27,29-2)30-3)17-23(16-21)10-14-35(28,31-4)32-5/h15-17,25-26H,6-14,18-20H2,1-5H3. The second-order valence-corrected chi connectivity index (χ2v) is 13.6. The van der Waals surface area contributed by atoms with Crippen LogP contribution >= 0.6 is 15.2 Å². The van der Waals surface area contributed by atoms with Crippen molar-refractivity contribution in [2.75, 3.05) is 67.2 Å². The van der Waals surface area contributed by atoms with Crippen molar-refractivity contribution in [3.8, 4) is 0 Å². The van der Waals surface area contributed by atoms with Crippen molar-refractivity contribution in [3.63, 3.8) is 0 Å². The Kier molecular flexibility index (Phi) is 15.1. The number of benzene rings is 1. The van der Waals surface area contributed by atoms with Gasteiger partial charge in [-0.25, -0.2) is 0 Å². The molecule has 0 heterocycles. The Morgan fingerprint density at radius 1 is 0.771 bits per heavy atom. The Bertz CT molecular complexity index is 763. The first-order valence-electron chi connectivity index (χ1n) is 12.0. The van der Waals surface area contributed by atoms with E-state index < -0.39 is 20.6 Å². The number of hydrogen-bond acceptors (Lipinski definition) is 9. The van der Waals surface area contributed by atoms with E-state index in [0.29, 0.717) is 32.3 Å². The average Bonchev–Trinajstić information content (AvgIpc) is 2.90. The van der Waals surface area contributed by atoms with E-state index in [2.05, 4.69) is 6.92 Å². The van der Waals surface area contributed by atoms with Gasteiger partial charge >= 0.3 is 15.2 Å². The number of aryl methyl sites for hydroxylation is 3. The Labute approximate surface area is 210 Å². The second-order valence-electron chi connectivity index (χ2n) is 8.78. The number of aliphatic hydroxyl groups is 2. The molecule has 204 valence electrons. The molecular formula is C24H44O9P2. The van der Waals surface area contributed by atoms with Crippen molar-refractivity contribution in [2.45, 2.75) is 45.4 Å². The van der Waals surface area contributed by atoms with Gasteiger partial charge in [-0.3, -0.25) is 9.13 Å². The van der Waals surface area contributed by atoms with Crippen molar-refractivity contribution in [1.82, 2.24) is 0 Å². The fourth-order valence-corrected chi connectivity index (χ4v) is 5.73. The maximum atomic E-state index is 12.5. The van der Waals surface area contributed by atoms with Crippen LogP contribution in [0.5, 0.6) is 0 Å². The van der Waals surface area contributed by atoms with Gasteiger partial charge in [0.05, 0.1) is 32.1 Å². The van der Waals surface area contributed by atoms with Crippen molar-refractivity contribution >= 4 is 15.2 Å². The maximum Gasteiger partial charge on any atom is 0.330 e. The summed E-state index contributed by atoms with van der Waals surface area (Å²) in [4.78, 5) is 0. The molecule has 0 amide bonds. The van der Waals surface area contributed by atoms with Crippen molar-refractivity contribution in [1.29, 1.82) is 0 Å². The smallest absolute Gasteiger partial charge is 0.330 e. The Balaban J connectivity index is 3.09. The van der Waals surface area contributed by atoms with E-state index in [1.807, 2.05) is 18.2 Å². The topological polar surface area (TPSA) is 121 Å². The molecule has 1 rings (SSSR count). The minimum Gasteiger partial charge on any atom is -0.396 e. The van der Waals surface area contributed by atoms with Gasteiger partial charge in [0.1, 0.15) is 0 Å². The lowest BCUT2D eigenvalue weighted by molar-refractivity contribution is -0.0330. The third-order valence-electron chi connectivity index (χ3n) is 6.24. The second kappa shape index (κ2) is 16.3. The summed E-state index contributed by atoms with van der Waals surface area (Å²) < 4.78 is 51.0. The Morgan fingerprint density at radius 2 is 1.20 bits per heavy atom. The van der Waals surface area contributed by atoms with E-state index in [-0.39, 0.29) is 32.1 Å². The van der Waals surface area contributed by atoms with Gasteiger partial charge in [-0.1, -0.05) is 31.5 Å². The van der Waals surface area contributed by atoms with Gasteiger partial charge in [-0.2, -0.15) is 0 Å². The SMILES string of the molecule is CCCCOCC(CO)(CO)CCc1cc(CCP(=O)(OC)OC)cc(CCP(=O)(OC)OC)c1. The van der Waals surface area contributed by atoms with Gasteiger partial charge in [0.2, 0.25) is 0 Å². The van der Waals surface area contributed by atoms with Crippen molar-refractivity contribution in [3.05, 3.63) is 34.9 Å². The van der Waals surface area contributed by atoms with E-state index in [1.54, 1.807) is 0 Å². The van der Waals surface area contributed by atoms with Crippen molar-refractivity contribution < 1.29 is 42.2 Å².